The molecule has 0 fully saturated rings. The molecule has 2 heterocycles. The molecule has 2 aromatic rings. The highest BCUT2D eigenvalue weighted by Gasteiger charge is 2.14. The highest BCUT2D eigenvalue weighted by atomic mass is 32.2. The predicted molar refractivity (Wildman–Crippen MR) is 75.5 cm³/mol. The Hall–Kier alpha value is -1.18. The van der Waals surface area contributed by atoms with Gasteiger partial charge in [-0.3, -0.25) is 0 Å². The van der Waals surface area contributed by atoms with Gasteiger partial charge in [0.05, 0.1) is 17.7 Å². The summed E-state index contributed by atoms with van der Waals surface area (Å²) in [7, 11) is -3.19. The quantitative estimate of drug-likeness (QED) is 0.890. The number of nitrogens with zero attached hydrogens (tertiary/aromatic N) is 1. The summed E-state index contributed by atoms with van der Waals surface area (Å²) >= 11 is 1.44. The van der Waals surface area contributed by atoms with Crippen molar-refractivity contribution in [2.24, 2.45) is 0 Å². The average molecular weight is 300 g/mol. The summed E-state index contributed by atoms with van der Waals surface area (Å²) in [6.45, 7) is 3.99. The van der Waals surface area contributed by atoms with Gasteiger partial charge in [-0.15, -0.1) is 11.3 Å². The highest BCUT2D eigenvalue weighted by molar-refractivity contribution is 7.89. The zero-order valence-electron chi connectivity index (χ0n) is 10.8. The van der Waals surface area contributed by atoms with Crippen LogP contribution in [0.1, 0.15) is 23.9 Å². The molecule has 0 aliphatic carbocycles. The van der Waals surface area contributed by atoms with E-state index >= 15 is 0 Å². The third-order valence-corrected chi connectivity index (χ3v) is 5.25. The smallest absolute Gasteiger partial charge is 0.211 e. The third-order valence-electron chi connectivity index (χ3n) is 2.55. The lowest BCUT2D eigenvalue weighted by Crippen LogP contribution is -2.25. The lowest BCUT2D eigenvalue weighted by Gasteiger charge is -2.03. The van der Waals surface area contributed by atoms with Crippen LogP contribution in [0.5, 0.6) is 0 Å². The molecule has 0 saturated carbocycles. The highest BCUT2D eigenvalue weighted by Crippen LogP contribution is 2.28. The van der Waals surface area contributed by atoms with Gasteiger partial charge in [0.25, 0.3) is 0 Å². The zero-order chi connectivity index (χ0) is 13.9. The summed E-state index contributed by atoms with van der Waals surface area (Å²) < 4.78 is 31.1. The Kier molecular flexibility index (Phi) is 4.38. The van der Waals surface area contributed by atoms with E-state index in [-0.39, 0.29) is 12.3 Å². The summed E-state index contributed by atoms with van der Waals surface area (Å²) in [6, 6.07) is 3.64. The van der Waals surface area contributed by atoms with Crippen LogP contribution in [-0.2, 0) is 16.6 Å². The molecule has 0 unspecified atom stereocenters. The van der Waals surface area contributed by atoms with Gasteiger partial charge in [0.2, 0.25) is 10.0 Å². The predicted octanol–water partition coefficient (Wildman–Crippen LogP) is 2.54. The van der Waals surface area contributed by atoms with Crippen LogP contribution in [0.15, 0.2) is 22.8 Å². The number of thiazole rings is 1. The van der Waals surface area contributed by atoms with Crippen molar-refractivity contribution >= 4 is 21.4 Å². The molecule has 0 aromatic carbocycles. The fourth-order valence-corrected chi connectivity index (χ4v) is 3.72. The van der Waals surface area contributed by atoms with Gasteiger partial charge in [0.1, 0.15) is 0 Å². The van der Waals surface area contributed by atoms with Crippen molar-refractivity contribution in [3.63, 3.8) is 0 Å². The molecule has 0 aliphatic heterocycles. The van der Waals surface area contributed by atoms with Crippen molar-refractivity contribution in [1.29, 1.82) is 0 Å². The van der Waals surface area contributed by atoms with E-state index in [1.807, 2.05) is 19.9 Å². The second kappa shape index (κ2) is 5.85. The maximum atomic E-state index is 11.6. The molecule has 0 spiro atoms. The number of aromatic nitrogens is 1. The van der Waals surface area contributed by atoms with Crippen molar-refractivity contribution in [2.45, 2.75) is 26.8 Å². The van der Waals surface area contributed by atoms with Crippen LogP contribution in [0.3, 0.4) is 0 Å². The van der Waals surface area contributed by atoms with Crippen LogP contribution in [0.25, 0.3) is 10.8 Å². The Labute approximate surface area is 116 Å². The van der Waals surface area contributed by atoms with Gasteiger partial charge >= 0.3 is 0 Å². The molecule has 104 valence electrons. The van der Waals surface area contributed by atoms with Crippen LogP contribution < -0.4 is 4.72 Å². The van der Waals surface area contributed by atoms with Crippen LogP contribution >= 0.6 is 11.3 Å². The van der Waals surface area contributed by atoms with Gasteiger partial charge in [-0.1, -0.05) is 6.92 Å². The summed E-state index contributed by atoms with van der Waals surface area (Å²) in [5.41, 5.74) is 0.829. The minimum absolute atomic E-state index is 0.149. The van der Waals surface area contributed by atoms with E-state index in [2.05, 4.69) is 9.71 Å². The van der Waals surface area contributed by atoms with E-state index in [4.69, 9.17) is 4.42 Å². The zero-order valence-corrected chi connectivity index (χ0v) is 12.5. The molecular weight excluding hydrogens is 284 g/mol. The molecule has 0 aliphatic rings. The van der Waals surface area contributed by atoms with E-state index in [1.54, 1.807) is 12.3 Å². The number of nitrogens with one attached hydrogen (secondary N) is 1. The number of furan rings is 1. The second-order valence-electron chi connectivity index (χ2n) is 4.14. The van der Waals surface area contributed by atoms with Gasteiger partial charge in [-0.05, 0) is 25.5 Å². The minimum atomic E-state index is -3.19. The number of aryl methyl sites for hydroxylation is 1. The third kappa shape index (κ3) is 3.65. The van der Waals surface area contributed by atoms with Crippen molar-refractivity contribution in [1.82, 2.24) is 9.71 Å². The Morgan fingerprint density at radius 1 is 1.47 bits per heavy atom. The first-order chi connectivity index (χ1) is 9.02. The van der Waals surface area contributed by atoms with E-state index in [9.17, 15) is 8.42 Å². The first kappa shape index (κ1) is 14.2. The van der Waals surface area contributed by atoms with Gasteiger partial charge in [0, 0.05) is 11.4 Å². The fourth-order valence-electron chi connectivity index (χ4n) is 1.61. The summed E-state index contributed by atoms with van der Waals surface area (Å²) in [5.74, 6) is 0.853. The standard InChI is InChI=1S/C12H16N2O3S2/c1-3-7-19(15,16)13-8-11-9(2)14-12(18-11)10-5-4-6-17-10/h4-6,13H,3,7-8H2,1-2H3. The van der Waals surface area contributed by atoms with E-state index < -0.39 is 10.0 Å². The maximum Gasteiger partial charge on any atom is 0.211 e. The van der Waals surface area contributed by atoms with Gasteiger partial charge < -0.3 is 4.42 Å². The molecule has 0 saturated heterocycles. The Morgan fingerprint density at radius 3 is 2.89 bits per heavy atom. The number of sulfonamides is 1. The van der Waals surface area contributed by atoms with Gasteiger partial charge in [-0.25, -0.2) is 18.1 Å². The maximum absolute atomic E-state index is 11.6. The minimum Gasteiger partial charge on any atom is -0.462 e. The fraction of sp³-hybridized carbons (Fsp3) is 0.417. The molecule has 0 amide bonds. The van der Waals surface area contributed by atoms with E-state index in [1.165, 1.54) is 11.3 Å². The van der Waals surface area contributed by atoms with Crippen molar-refractivity contribution in [3.05, 3.63) is 29.0 Å². The monoisotopic (exact) mass is 300 g/mol. The van der Waals surface area contributed by atoms with Gasteiger partial charge in [0.15, 0.2) is 10.8 Å². The van der Waals surface area contributed by atoms with Crippen molar-refractivity contribution in [2.75, 3.05) is 5.75 Å². The lowest BCUT2D eigenvalue weighted by atomic mass is 10.4. The number of hydrogen-bond acceptors (Lipinski definition) is 5. The molecule has 0 atom stereocenters. The summed E-state index contributed by atoms with van der Waals surface area (Å²) in [5, 5.41) is 0.771. The largest absolute Gasteiger partial charge is 0.462 e. The molecule has 19 heavy (non-hydrogen) atoms. The Morgan fingerprint density at radius 2 is 2.26 bits per heavy atom. The summed E-state index contributed by atoms with van der Waals surface area (Å²) in [4.78, 5) is 5.30. The molecule has 2 rings (SSSR count). The molecular formula is C12H16N2O3S2. The van der Waals surface area contributed by atoms with Crippen LogP contribution in [0, 0.1) is 6.92 Å². The SMILES string of the molecule is CCCS(=O)(=O)NCc1sc(-c2ccco2)nc1C. The molecule has 2 aromatic heterocycles. The average Bonchev–Trinajstić information content (AvgIpc) is 2.95. The Balaban J connectivity index is 2.10. The van der Waals surface area contributed by atoms with Crippen LogP contribution in [0.4, 0.5) is 0 Å². The molecule has 0 bridgehead atoms. The molecule has 7 heteroatoms. The number of rotatable bonds is 6. The molecule has 1 N–H and O–H groups in total. The van der Waals surface area contributed by atoms with E-state index in [0.29, 0.717) is 12.2 Å². The first-order valence-electron chi connectivity index (χ1n) is 5.99. The number of hydrogen-bond donors (Lipinski definition) is 1. The molecule has 0 radical (unpaired) electrons. The second-order valence-corrected chi connectivity index (χ2v) is 7.15. The van der Waals surface area contributed by atoms with Crippen LogP contribution in [0.2, 0.25) is 0 Å². The normalized spacial score (nSPS) is 11.9. The Bertz CT molecular complexity index is 630. The van der Waals surface area contributed by atoms with E-state index in [0.717, 1.165) is 15.6 Å². The topological polar surface area (TPSA) is 72.2 Å². The lowest BCUT2D eigenvalue weighted by molar-refractivity contribution is 0.580. The van der Waals surface area contributed by atoms with Crippen molar-refractivity contribution < 1.29 is 12.8 Å². The molecule has 5 nitrogen and oxygen atoms in total. The van der Waals surface area contributed by atoms with Crippen LogP contribution in [-0.4, -0.2) is 19.2 Å². The van der Waals surface area contributed by atoms with Crippen molar-refractivity contribution in [3.8, 4) is 10.8 Å². The summed E-state index contributed by atoms with van der Waals surface area (Å²) in [6.07, 6.45) is 2.20. The van der Waals surface area contributed by atoms with Gasteiger partial charge in [-0.2, -0.15) is 0 Å². The first-order valence-corrected chi connectivity index (χ1v) is 8.46.